The zero-order valence-electron chi connectivity index (χ0n) is 11.4. The molecule has 0 saturated heterocycles. The molecule has 0 aromatic heterocycles. The van der Waals surface area contributed by atoms with Crippen LogP contribution in [0.25, 0.3) is 0 Å². The summed E-state index contributed by atoms with van der Waals surface area (Å²) in [6.07, 6.45) is 4.13. The predicted octanol–water partition coefficient (Wildman–Crippen LogP) is 3.48. The third kappa shape index (κ3) is 1.47. The average Bonchev–Trinajstić information content (AvgIpc) is 2.80. The Morgan fingerprint density at radius 2 is 1.50 bits per heavy atom. The van der Waals surface area contributed by atoms with Gasteiger partial charge in [0.2, 0.25) is 0 Å². The number of rotatable bonds is 1. The molecule has 0 N–H and O–H groups in total. The minimum atomic E-state index is -0.274. The van der Waals surface area contributed by atoms with E-state index in [1.54, 1.807) is 0 Å². The fraction of sp³-hybridized carbons (Fsp3) is 0.600. The van der Waals surface area contributed by atoms with Crippen LogP contribution in [0.4, 0.5) is 0 Å². The molecule has 3 heteroatoms. The van der Waals surface area contributed by atoms with Gasteiger partial charge in [-0.1, -0.05) is 12.8 Å². The summed E-state index contributed by atoms with van der Waals surface area (Å²) in [6, 6.07) is 4.78. The standard InChI is InChI=1S/C15H19N3/c1-4-18-11(2)13(9-16)15(7-5-6-8-15)14(10-17)12(18)3/h4-8H2,1-3H3. The fourth-order valence-corrected chi connectivity index (χ4v) is 3.67. The van der Waals surface area contributed by atoms with Crippen LogP contribution in [0.5, 0.6) is 0 Å². The number of allylic oxidation sites excluding steroid dienone is 4. The van der Waals surface area contributed by atoms with E-state index in [2.05, 4.69) is 24.0 Å². The summed E-state index contributed by atoms with van der Waals surface area (Å²) in [5, 5.41) is 19.1. The molecular formula is C15H19N3. The van der Waals surface area contributed by atoms with Crippen molar-refractivity contribution in [2.24, 2.45) is 5.41 Å². The molecular weight excluding hydrogens is 222 g/mol. The molecule has 18 heavy (non-hydrogen) atoms. The van der Waals surface area contributed by atoms with Gasteiger partial charge in [0, 0.05) is 23.4 Å². The molecule has 0 amide bonds. The first kappa shape index (κ1) is 12.7. The van der Waals surface area contributed by atoms with E-state index in [1.165, 1.54) is 0 Å². The van der Waals surface area contributed by atoms with Gasteiger partial charge in [-0.25, -0.2) is 0 Å². The topological polar surface area (TPSA) is 50.8 Å². The van der Waals surface area contributed by atoms with Gasteiger partial charge < -0.3 is 4.90 Å². The van der Waals surface area contributed by atoms with Crippen LogP contribution in [-0.2, 0) is 0 Å². The van der Waals surface area contributed by atoms with E-state index in [1.807, 2.05) is 13.8 Å². The summed E-state index contributed by atoms with van der Waals surface area (Å²) >= 11 is 0. The van der Waals surface area contributed by atoms with Crippen LogP contribution >= 0.6 is 0 Å². The minimum absolute atomic E-state index is 0.274. The van der Waals surface area contributed by atoms with Gasteiger partial charge in [-0.2, -0.15) is 10.5 Å². The molecule has 94 valence electrons. The van der Waals surface area contributed by atoms with Crippen LogP contribution in [0.1, 0.15) is 46.5 Å². The van der Waals surface area contributed by atoms with Gasteiger partial charge in [0.1, 0.15) is 0 Å². The van der Waals surface area contributed by atoms with Gasteiger partial charge in [0.15, 0.2) is 0 Å². The van der Waals surface area contributed by atoms with E-state index >= 15 is 0 Å². The summed E-state index contributed by atoms with van der Waals surface area (Å²) in [5.74, 6) is 0. The van der Waals surface area contributed by atoms with Crippen molar-refractivity contribution in [3.63, 3.8) is 0 Å². The molecule has 0 atom stereocenters. The highest BCUT2D eigenvalue weighted by Crippen LogP contribution is 2.54. The first-order chi connectivity index (χ1) is 8.62. The van der Waals surface area contributed by atoms with E-state index in [0.29, 0.717) is 0 Å². The lowest BCUT2D eigenvalue weighted by Gasteiger charge is -2.40. The maximum absolute atomic E-state index is 9.53. The highest BCUT2D eigenvalue weighted by atomic mass is 15.1. The van der Waals surface area contributed by atoms with Crippen molar-refractivity contribution in [3.8, 4) is 12.1 Å². The quantitative estimate of drug-likeness (QED) is 0.706. The molecule has 1 saturated carbocycles. The Morgan fingerprint density at radius 3 is 1.83 bits per heavy atom. The Morgan fingerprint density at radius 1 is 1.06 bits per heavy atom. The SMILES string of the molecule is CCN1C(C)=C(C#N)C2(CCCC2)C(C#N)=C1C. The molecule has 1 aliphatic carbocycles. The Bertz CT molecular complexity index is 465. The lowest BCUT2D eigenvalue weighted by molar-refractivity contribution is 0.359. The predicted molar refractivity (Wildman–Crippen MR) is 69.9 cm³/mol. The molecule has 1 heterocycles. The van der Waals surface area contributed by atoms with Crippen molar-refractivity contribution in [2.75, 3.05) is 6.54 Å². The maximum Gasteiger partial charge on any atom is 0.0975 e. The van der Waals surface area contributed by atoms with Gasteiger partial charge >= 0.3 is 0 Å². The Kier molecular flexibility index (Phi) is 3.18. The lowest BCUT2D eigenvalue weighted by Crippen LogP contribution is -2.35. The highest BCUT2D eigenvalue weighted by molar-refractivity contribution is 5.52. The minimum Gasteiger partial charge on any atom is -0.347 e. The van der Waals surface area contributed by atoms with Gasteiger partial charge in [-0.05, 0) is 33.6 Å². The largest absolute Gasteiger partial charge is 0.347 e. The molecule has 0 radical (unpaired) electrons. The van der Waals surface area contributed by atoms with Gasteiger partial charge in [0.25, 0.3) is 0 Å². The number of nitrogens with zero attached hydrogens (tertiary/aromatic N) is 3. The van der Waals surface area contributed by atoms with Crippen LogP contribution in [-0.4, -0.2) is 11.4 Å². The van der Waals surface area contributed by atoms with Crippen molar-refractivity contribution >= 4 is 0 Å². The van der Waals surface area contributed by atoms with E-state index in [0.717, 1.165) is 54.8 Å². The van der Waals surface area contributed by atoms with Crippen LogP contribution in [0.15, 0.2) is 22.5 Å². The smallest absolute Gasteiger partial charge is 0.0975 e. The zero-order chi connectivity index (χ0) is 13.3. The van der Waals surface area contributed by atoms with Crippen LogP contribution < -0.4 is 0 Å². The second-order valence-electron chi connectivity index (χ2n) is 5.18. The van der Waals surface area contributed by atoms with Crippen molar-refractivity contribution in [1.82, 2.24) is 4.90 Å². The van der Waals surface area contributed by atoms with Crippen molar-refractivity contribution < 1.29 is 0 Å². The average molecular weight is 241 g/mol. The molecule has 0 aromatic rings. The second-order valence-corrected chi connectivity index (χ2v) is 5.18. The van der Waals surface area contributed by atoms with E-state index in [9.17, 15) is 10.5 Å². The molecule has 3 nitrogen and oxygen atoms in total. The molecule has 0 unspecified atom stereocenters. The van der Waals surface area contributed by atoms with E-state index < -0.39 is 0 Å². The molecule has 2 aliphatic rings. The number of hydrogen-bond donors (Lipinski definition) is 0. The molecule has 1 aliphatic heterocycles. The Labute approximate surface area is 109 Å². The number of hydrogen-bond acceptors (Lipinski definition) is 3. The lowest BCUT2D eigenvalue weighted by atomic mass is 9.69. The normalized spacial score (nSPS) is 22.4. The summed E-state index contributed by atoms with van der Waals surface area (Å²) in [7, 11) is 0. The van der Waals surface area contributed by atoms with Crippen molar-refractivity contribution in [3.05, 3.63) is 22.5 Å². The van der Waals surface area contributed by atoms with Crippen LogP contribution in [0, 0.1) is 28.1 Å². The Hall–Kier alpha value is -1.74. The zero-order valence-corrected chi connectivity index (χ0v) is 11.4. The molecule has 0 aromatic carbocycles. The molecule has 0 bridgehead atoms. The monoisotopic (exact) mass is 241 g/mol. The third-order valence-corrected chi connectivity index (χ3v) is 4.49. The van der Waals surface area contributed by atoms with Gasteiger partial charge in [-0.15, -0.1) is 0 Å². The molecule has 1 spiro atoms. The van der Waals surface area contributed by atoms with Gasteiger partial charge in [0.05, 0.1) is 23.3 Å². The summed E-state index contributed by atoms with van der Waals surface area (Å²) in [4.78, 5) is 2.10. The summed E-state index contributed by atoms with van der Waals surface area (Å²) < 4.78 is 0. The van der Waals surface area contributed by atoms with E-state index in [4.69, 9.17) is 0 Å². The van der Waals surface area contributed by atoms with E-state index in [-0.39, 0.29) is 5.41 Å². The molecule has 1 fully saturated rings. The van der Waals surface area contributed by atoms with Crippen LogP contribution in [0.2, 0.25) is 0 Å². The first-order valence-electron chi connectivity index (χ1n) is 6.62. The Balaban J connectivity index is 2.68. The van der Waals surface area contributed by atoms with Gasteiger partial charge in [-0.3, -0.25) is 0 Å². The maximum atomic E-state index is 9.53. The third-order valence-electron chi connectivity index (χ3n) is 4.49. The highest BCUT2D eigenvalue weighted by Gasteiger charge is 2.46. The van der Waals surface area contributed by atoms with Crippen LogP contribution in [0.3, 0.4) is 0 Å². The summed E-state index contributed by atoms with van der Waals surface area (Å²) in [5.41, 5.74) is 3.45. The first-order valence-corrected chi connectivity index (χ1v) is 6.62. The summed E-state index contributed by atoms with van der Waals surface area (Å²) in [6.45, 7) is 6.90. The number of nitriles is 2. The molecule has 2 rings (SSSR count). The second kappa shape index (κ2) is 4.50. The van der Waals surface area contributed by atoms with Crippen molar-refractivity contribution in [2.45, 2.75) is 46.5 Å². The fourth-order valence-electron chi connectivity index (χ4n) is 3.67. The van der Waals surface area contributed by atoms with Crippen molar-refractivity contribution in [1.29, 1.82) is 10.5 Å².